The SMILES string of the molecule is c1ccc(-n2c3ccccc3c3ccc(-c4ccc(Nc5cccc6oc7ccccc7c56)cc4)cc32)cc1. The Morgan fingerprint density at radius 2 is 1.18 bits per heavy atom. The Morgan fingerprint density at radius 3 is 2.05 bits per heavy atom. The molecule has 1 N–H and O–H groups in total. The molecule has 2 heterocycles. The van der Waals surface area contributed by atoms with Crippen LogP contribution in [0.1, 0.15) is 0 Å². The largest absolute Gasteiger partial charge is 0.456 e. The van der Waals surface area contributed by atoms with Crippen molar-refractivity contribution in [2.75, 3.05) is 5.32 Å². The number of nitrogens with zero attached hydrogens (tertiary/aromatic N) is 1. The van der Waals surface area contributed by atoms with E-state index in [1.54, 1.807) is 0 Å². The minimum absolute atomic E-state index is 0.889. The van der Waals surface area contributed by atoms with Crippen molar-refractivity contribution >= 4 is 55.1 Å². The van der Waals surface area contributed by atoms with Crippen LogP contribution in [0.5, 0.6) is 0 Å². The number of nitrogens with one attached hydrogen (secondary N) is 1. The second-order valence-electron chi connectivity index (χ2n) is 9.90. The molecular weight excluding hydrogens is 476 g/mol. The molecule has 0 aliphatic rings. The summed E-state index contributed by atoms with van der Waals surface area (Å²) in [6.07, 6.45) is 0. The van der Waals surface area contributed by atoms with Crippen molar-refractivity contribution in [1.82, 2.24) is 4.57 Å². The molecule has 3 heteroatoms. The van der Waals surface area contributed by atoms with E-state index in [1.165, 1.54) is 38.6 Å². The van der Waals surface area contributed by atoms with E-state index in [4.69, 9.17) is 4.42 Å². The van der Waals surface area contributed by atoms with Gasteiger partial charge in [-0.2, -0.15) is 0 Å². The van der Waals surface area contributed by atoms with E-state index in [0.717, 1.165) is 33.3 Å². The normalized spacial score (nSPS) is 11.6. The van der Waals surface area contributed by atoms with Crippen LogP contribution in [-0.2, 0) is 0 Å². The third-order valence-corrected chi connectivity index (χ3v) is 7.59. The van der Waals surface area contributed by atoms with Crippen LogP contribution in [0.15, 0.2) is 144 Å². The lowest BCUT2D eigenvalue weighted by atomic mass is 10.0. The Hall–Kier alpha value is -5.28. The van der Waals surface area contributed by atoms with Crippen LogP contribution in [-0.4, -0.2) is 4.57 Å². The van der Waals surface area contributed by atoms with E-state index in [2.05, 4.69) is 125 Å². The molecule has 6 aromatic carbocycles. The molecule has 0 spiro atoms. The summed E-state index contributed by atoms with van der Waals surface area (Å²) in [6.45, 7) is 0. The lowest BCUT2D eigenvalue weighted by Crippen LogP contribution is -1.93. The van der Waals surface area contributed by atoms with Gasteiger partial charge in [-0.25, -0.2) is 0 Å². The predicted molar refractivity (Wildman–Crippen MR) is 163 cm³/mol. The summed E-state index contributed by atoms with van der Waals surface area (Å²) in [5.74, 6) is 0. The average molecular weight is 501 g/mol. The van der Waals surface area contributed by atoms with Gasteiger partial charge in [0.1, 0.15) is 11.2 Å². The number of hydrogen-bond acceptors (Lipinski definition) is 2. The van der Waals surface area contributed by atoms with E-state index >= 15 is 0 Å². The minimum Gasteiger partial charge on any atom is -0.456 e. The smallest absolute Gasteiger partial charge is 0.137 e. The number of furan rings is 1. The molecule has 2 aromatic heterocycles. The third kappa shape index (κ3) is 3.52. The summed E-state index contributed by atoms with van der Waals surface area (Å²) < 4.78 is 8.43. The molecule has 0 unspecified atom stereocenters. The Bertz CT molecular complexity index is 2130. The Kier molecular flexibility index (Phi) is 4.82. The van der Waals surface area contributed by atoms with Gasteiger partial charge >= 0.3 is 0 Å². The molecule has 0 radical (unpaired) electrons. The summed E-state index contributed by atoms with van der Waals surface area (Å²) in [5, 5.41) is 8.37. The molecule has 0 aliphatic heterocycles. The molecule has 184 valence electrons. The fourth-order valence-electron chi connectivity index (χ4n) is 5.79. The lowest BCUT2D eigenvalue weighted by molar-refractivity contribution is 0.669. The first-order valence-electron chi connectivity index (χ1n) is 13.2. The van der Waals surface area contributed by atoms with Crippen LogP contribution in [0.25, 0.3) is 60.6 Å². The summed E-state index contributed by atoms with van der Waals surface area (Å²) in [4.78, 5) is 0. The van der Waals surface area contributed by atoms with E-state index in [9.17, 15) is 0 Å². The van der Waals surface area contributed by atoms with Gasteiger partial charge in [-0.1, -0.05) is 84.9 Å². The number of anilines is 2. The van der Waals surface area contributed by atoms with Crippen LogP contribution in [0.2, 0.25) is 0 Å². The highest BCUT2D eigenvalue weighted by atomic mass is 16.3. The van der Waals surface area contributed by atoms with Gasteiger partial charge < -0.3 is 14.3 Å². The molecule has 0 aliphatic carbocycles. The van der Waals surface area contributed by atoms with Crippen LogP contribution in [0.3, 0.4) is 0 Å². The Balaban J connectivity index is 1.19. The number of rotatable bonds is 4. The molecule has 0 atom stereocenters. The Morgan fingerprint density at radius 1 is 0.487 bits per heavy atom. The summed E-state index contributed by atoms with van der Waals surface area (Å²) in [7, 11) is 0. The van der Waals surface area contributed by atoms with Gasteiger partial charge in [0.15, 0.2) is 0 Å². The molecule has 0 bridgehead atoms. The van der Waals surface area contributed by atoms with Crippen LogP contribution in [0, 0.1) is 0 Å². The highest BCUT2D eigenvalue weighted by Gasteiger charge is 2.14. The van der Waals surface area contributed by atoms with Crippen LogP contribution < -0.4 is 5.32 Å². The average Bonchev–Trinajstić information content (AvgIpc) is 3.54. The van der Waals surface area contributed by atoms with Crippen LogP contribution in [0.4, 0.5) is 11.4 Å². The van der Waals surface area contributed by atoms with Crippen molar-refractivity contribution in [3.63, 3.8) is 0 Å². The van der Waals surface area contributed by atoms with Crippen molar-refractivity contribution in [1.29, 1.82) is 0 Å². The molecule has 8 aromatic rings. The van der Waals surface area contributed by atoms with Crippen molar-refractivity contribution in [3.8, 4) is 16.8 Å². The number of fused-ring (bicyclic) bond motifs is 6. The maximum absolute atomic E-state index is 6.06. The van der Waals surface area contributed by atoms with E-state index in [1.807, 2.05) is 24.3 Å². The number of aromatic nitrogens is 1. The number of hydrogen-bond donors (Lipinski definition) is 1. The van der Waals surface area contributed by atoms with Gasteiger partial charge in [0.2, 0.25) is 0 Å². The molecular formula is C36H24N2O. The quantitative estimate of drug-likeness (QED) is 0.260. The van der Waals surface area contributed by atoms with Crippen LogP contribution >= 0.6 is 0 Å². The lowest BCUT2D eigenvalue weighted by Gasteiger charge is -2.10. The van der Waals surface area contributed by atoms with E-state index in [-0.39, 0.29) is 0 Å². The second-order valence-corrected chi connectivity index (χ2v) is 9.90. The van der Waals surface area contributed by atoms with Gasteiger partial charge in [-0.3, -0.25) is 0 Å². The fourth-order valence-corrected chi connectivity index (χ4v) is 5.79. The van der Waals surface area contributed by atoms with Gasteiger partial charge in [-0.15, -0.1) is 0 Å². The maximum Gasteiger partial charge on any atom is 0.137 e. The first-order valence-corrected chi connectivity index (χ1v) is 13.2. The van der Waals surface area contributed by atoms with Gasteiger partial charge in [0.25, 0.3) is 0 Å². The molecule has 3 nitrogen and oxygen atoms in total. The highest BCUT2D eigenvalue weighted by Crippen LogP contribution is 2.37. The molecule has 39 heavy (non-hydrogen) atoms. The van der Waals surface area contributed by atoms with Gasteiger partial charge in [-0.05, 0) is 65.7 Å². The third-order valence-electron chi connectivity index (χ3n) is 7.59. The second kappa shape index (κ2) is 8.64. The molecule has 0 amide bonds. The zero-order chi connectivity index (χ0) is 25.8. The van der Waals surface area contributed by atoms with Gasteiger partial charge in [0, 0.05) is 27.5 Å². The molecule has 0 fully saturated rings. The first-order chi connectivity index (χ1) is 19.3. The van der Waals surface area contributed by atoms with Crippen molar-refractivity contribution in [3.05, 3.63) is 140 Å². The number of benzene rings is 6. The monoisotopic (exact) mass is 500 g/mol. The predicted octanol–water partition coefficient (Wildman–Crippen LogP) is 10.1. The minimum atomic E-state index is 0.889. The zero-order valence-electron chi connectivity index (χ0n) is 21.1. The van der Waals surface area contributed by atoms with Crippen molar-refractivity contribution < 1.29 is 4.42 Å². The highest BCUT2D eigenvalue weighted by molar-refractivity contribution is 6.12. The topological polar surface area (TPSA) is 30.1 Å². The zero-order valence-corrected chi connectivity index (χ0v) is 21.1. The maximum atomic E-state index is 6.06. The molecule has 0 saturated heterocycles. The summed E-state index contributed by atoms with van der Waals surface area (Å²) in [6, 6.07) is 49.0. The standard InChI is InChI=1S/C36H24N2O/c1-2-9-27(10-3-1)38-32-14-6-4-11-28(32)29-22-19-25(23-33(29)38)24-17-20-26(21-18-24)37-31-13-8-16-35-36(31)30-12-5-7-15-34(30)39-35/h1-23,37H. The molecule has 0 saturated carbocycles. The van der Waals surface area contributed by atoms with Crippen molar-refractivity contribution in [2.24, 2.45) is 0 Å². The van der Waals surface area contributed by atoms with E-state index < -0.39 is 0 Å². The molecule has 8 rings (SSSR count). The first kappa shape index (κ1) is 21.8. The Labute approximate surface area is 225 Å². The van der Waals surface area contributed by atoms with E-state index in [0.29, 0.717) is 0 Å². The van der Waals surface area contributed by atoms with Crippen molar-refractivity contribution in [2.45, 2.75) is 0 Å². The number of para-hydroxylation sites is 3. The summed E-state index contributed by atoms with van der Waals surface area (Å²) >= 11 is 0. The summed E-state index contributed by atoms with van der Waals surface area (Å²) in [5.41, 5.74) is 9.84. The fraction of sp³-hybridized carbons (Fsp3) is 0. The van der Waals surface area contributed by atoms with Gasteiger partial charge in [0.05, 0.1) is 22.1 Å².